The minimum Gasteiger partial charge on any atom is -0.507 e. The topological polar surface area (TPSA) is 29.5 Å². The summed E-state index contributed by atoms with van der Waals surface area (Å²) in [4.78, 5) is 1.30. The third-order valence-corrected chi connectivity index (χ3v) is 7.43. The van der Waals surface area contributed by atoms with Crippen molar-refractivity contribution in [3.8, 4) is 11.5 Å². The SMILES string of the molecule is CCCCCC(C)CCc1cc(O)c2c(c1)OC(C)(C)C1=C2C(C)CS1. The Morgan fingerprint density at radius 3 is 2.77 bits per heavy atom. The van der Waals surface area contributed by atoms with Crippen LogP contribution < -0.4 is 4.74 Å². The van der Waals surface area contributed by atoms with Crippen LogP contribution >= 0.6 is 11.8 Å². The Morgan fingerprint density at radius 2 is 2.04 bits per heavy atom. The van der Waals surface area contributed by atoms with E-state index in [1.165, 1.54) is 48.1 Å². The Hall–Kier alpha value is -1.09. The molecule has 0 saturated heterocycles. The maximum Gasteiger partial charge on any atom is 0.134 e. The predicted octanol–water partition coefficient (Wildman–Crippen LogP) is 6.81. The van der Waals surface area contributed by atoms with Crippen molar-refractivity contribution in [2.45, 2.75) is 78.7 Å². The molecule has 0 amide bonds. The molecule has 1 N–H and O–H groups in total. The molecule has 0 aliphatic carbocycles. The molecule has 0 radical (unpaired) electrons. The first-order valence-electron chi connectivity index (χ1n) is 10.3. The van der Waals surface area contributed by atoms with Crippen molar-refractivity contribution < 1.29 is 9.84 Å². The number of hydrogen-bond acceptors (Lipinski definition) is 3. The number of unbranched alkanes of at least 4 members (excludes halogenated alkanes) is 2. The van der Waals surface area contributed by atoms with E-state index in [1.54, 1.807) is 0 Å². The van der Waals surface area contributed by atoms with Crippen molar-refractivity contribution in [3.05, 3.63) is 28.2 Å². The van der Waals surface area contributed by atoms with Gasteiger partial charge in [0.25, 0.3) is 0 Å². The molecular formula is C23H34O2S. The first kappa shape index (κ1) is 19.7. The molecule has 2 nitrogen and oxygen atoms in total. The van der Waals surface area contributed by atoms with Crippen molar-refractivity contribution in [2.24, 2.45) is 11.8 Å². The normalized spacial score (nSPS) is 22.0. The Bertz CT molecular complexity index is 690. The third-order valence-electron chi connectivity index (χ3n) is 5.76. The van der Waals surface area contributed by atoms with Crippen molar-refractivity contribution in [3.63, 3.8) is 0 Å². The van der Waals surface area contributed by atoms with Gasteiger partial charge in [0.15, 0.2) is 0 Å². The molecule has 0 saturated carbocycles. The lowest BCUT2D eigenvalue weighted by molar-refractivity contribution is 0.153. The molecule has 0 bridgehead atoms. The number of allylic oxidation sites excluding steroid dienone is 1. The van der Waals surface area contributed by atoms with Gasteiger partial charge in [-0.1, -0.05) is 46.5 Å². The molecular weight excluding hydrogens is 340 g/mol. The zero-order chi connectivity index (χ0) is 18.9. The van der Waals surface area contributed by atoms with Gasteiger partial charge in [0.1, 0.15) is 17.1 Å². The summed E-state index contributed by atoms with van der Waals surface area (Å²) >= 11 is 1.88. The summed E-state index contributed by atoms with van der Waals surface area (Å²) in [6, 6.07) is 4.15. The van der Waals surface area contributed by atoms with Gasteiger partial charge in [-0.2, -0.15) is 0 Å². The number of aryl methyl sites for hydroxylation is 1. The summed E-state index contributed by atoms with van der Waals surface area (Å²) in [5, 5.41) is 10.8. The van der Waals surface area contributed by atoms with Crippen LogP contribution in [0.4, 0.5) is 0 Å². The summed E-state index contributed by atoms with van der Waals surface area (Å²) in [6.07, 6.45) is 7.43. The van der Waals surface area contributed by atoms with Crippen LogP contribution in [0.2, 0.25) is 0 Å². The molecule has 3 rings (SSSR count). The first-order valence-corrected chi connectivity index (χ1v) is 11.2. The molecule has 144 valence electrons. The number of aromatic hydroxyl groups is 1. The smallest absolute Gasteiger partial charge is 0.134 e. The highest BCUT2D eigenvalue weighted by atomic mass is 32.2. The van der Waals surface area contributed by atoms with E-state index in [0.29, 0.717) is 11.7 Å². The highest BCUT2D eigenvalue weighted by Gasteiger charge is 2.41. The Labute approximate surface area is 163 Å². The second-order valence-corrected chi connectivity index (χ2v) is 9.73. The first-order chi connectivity index (χ1) is 12.3. The Morgan fingerprint density at radius 1 is 1.27 bits per heavy atom. The van der Waals surface area contributed by atoms with Gasteiger partial charge in [0.05, 0.1) is 5.56 Å². The highest BCUT2D eigenvalue weighted by molar-refractivity contribution is 8.03. The molecule has 2 unspecified atom stereocenters. The second-order valence-electron chi connectivity index (χ2n) is 8.69. The van der Waals surface area contributed by atoms with Gasteiger partial charge in [0.2, 0.25) is 0 Å². The lowest BCUT2D eigenvalue weighted by atomic mass is 9.86. The number of thioether (sulfide) groups is 1. The van der Waals surface area contributed by atoms with E-state index in [0.717, 1.165) is 29.4 Å². The van der Waals surface area contributed by atoms with Crippen molar-refractivity contribution >= 4 is 17.3 Å². The summed E-state index contributed by atoms with van der Waals surface area (Å²) in [5.74, 6) is 3.54. The van der Waals surface area contributed by atoms with Crippen LogP contribution in [0.15, 0.2) is 17.0 Å². The number of ether oxygens (including phenoxy) is 1. The predicted molar refractivity (Wildman–Crippen MR) is 113 cm³/mol. The molecule has 1 aromatic rings. The molecule has 0 aromatic heterocycles. The number of benzene rings is 1. The van der Waals surface area contributed by atoms with E-state index in [4.69, 9.17) is 4.74 Å². The van der Waals surface area contributed by atoms with Crippen molar-refractivity contribution in [1.29, 1.82) is 0 Å². The van der Waals surface area contributed by atoms with Crippen LogP contribution in [-0.4, -0.2) is 16.5 Å². The van der Waals surface area contributed by atoms with Gasteiger partial charge in [-0.25, -0.2) is 0 Å². The molecule has 2 heterocycles. The van der Waals surface area contributed by atoms with Crippen molar-refractivity contribution in [2.75, 3.05) is 5.75 Å². The number of rotatable bonds is 7. The summed E-state index contributed by atoms with van der Waals surface area (Å²) in [6.45, 7) is 11.2. The molecule has 2 aliphatic rings. The molecule has 1 aromatic carbocycles. The summed E-state index contributed by atoms with van der Waals surface area (Å²) in [7, 11) is 0. The summed E-state index contributed by atoms with van der Waals surface area (Å²) < 4.78 is 6.35. The summed E-state index contributed by atoms with van der Waals surface area (Å²) in [5.41, 5.74) is 3.15. The fraction of sp³-hybridized carbons (Fsp3) is 0.652. The van der Waals surface area contributed by atoms with Crippen LogP contribution in [0, 0.1) is 11.8 Å². The minimum absolute atomic E-state index is 0.295. The zero-order valence-electron chi connectivity index (χ0n) is 17.0. The quantitative estimate of drug-likeness (QED) is 0.532. The number of phenols is 1. The number of fused-ring (bicyclic) bond motifs is 2. The maximum absolute atomic E-state index is 10.8. The molecule has 2 aliphatic heterocycles. The van der Waals surface area contributed by atoms with Crippen LogP contribution in [-0.2, 0) is 6.42 Å². The maximum atomic E-state index is 10.8. The van der Waals surface area contributed by atoms with Gasteiger partial charge in [0, 0.05) is 10.7 Å². The lowest BCUT2D eigenvalue weighted by Crippen LogP contribution is -2.32. The average Bonchev–Trinajstić information content (AvgIpc) is 2.95. The fourth-order valence-corrected chi connectivity index (χ4v) is 5.66. The third kappa shape index (κ3) is 3.93. The highest BCUT2D eigenvalue weighted by Crippen LogP contribution is 2.55. The monoisotopic (exact) mass is 374 g/mol. The van der Waals surface area contributed by atoms with Gasteiger partial charge in [-0.05, 0) is 61.8 Å². The van der Waals surface area contributed by atoms with Crippen LogP contribution in [0.5, 0.6) is 11.5 Å². The van der Waals surface area contributed by atoms with E-state index >= 15 is 0 Å². The van der Waals surface area contributed by atoms with Gasteiger partial charge in [-0.15, -0.1) is 11.8 Å². The second kappa shape index (κ2) is 7.88. The number of hydrogen-bond donors (Lipinski definition) is 1. The van der Waals surface area contributed by atoms with E-state index < -0.39 is 0 Å². The Kier molecular flexibility index (Phi) is 5.96. The van der Waals surface area contributed by atoms with Crippen LogP contribution in [0.25, 0.3) is 5.57 Å². The zero-order valence-corrected chi connectivity index (χ0v) is 17.8. The van der Waals surface area contributed by atoms with Crippen LogP contribution in [0.3, 0.4) is 0 Å². The van der Waals surface area contributed by atoms with E-state index in [9.17, 15) is 5.11 Å². The van der Waals surface area contributed by atoms with Gasteiger partial charge in [-0.3, -0.25) is 0 Å². The van der Waals surface area contributed by atoms with E-state index in [1.807, 2.05) is 17.8 Å². The molecule has 0 spiro atoms. The molecule has 0 fully saturated rings. The number of phenolic OH excluding ortho intramolecular Hbond substituents is 1. The van der Waals surface area contributed by atoms with Crippen LogP contribution in [0.1, 0.15) is 77.8 Å². The largest absolute Gasteiger partial charge is 0.507 e. The average molecular weight is 375 g/mol. The molecule has 26 heavy (non-hydrogen) atoms. The van der Waals surface area contributed by atoms with E-state index in [2.05, 4.69) is 40.7 Å². The van der Waals surface area contributed by atoms with Gasteiger partial charge >= 0.3 is 0 Å². The standard InChI is InChI=1S/C23H34O2S/c1-6-7-8-9-15(2)10-11-17-12-18(24)21-19(13-17)25-23(4,5)22-20(21)16(3)14-26-22/h12-13,15-16,24H,6-11,14H2,1-5H3. The van der Waals surface area contributed by atoms with E-state index in [-0.39, 0.29) is 5.60 Å². The molecule has 2 atom stereocenters. The molecule has 3 heteroatoms. The van der Waals surface area contributed by atoms with Crippen molar-refractivity contribution in [1.82, 2.24) is 0 Å². The Balaban J connectivity index is 1.79. The van der Waals surface area contributed by atoms with Gasteiger partial charge < -0.3 is 9.84 Å². The minimum atomic E-state index is -0.295. The fourth-order valence-electron chi connectivity index (χ4n) is 4.22. The lowest BCUT2D eigenvalue weighted by Gasteiger charge is -2.35.